The molecular weight excluding hydrogens is 116 g/mol. The van der Waals surface area contributed by atoms with Crippen LogP contribution in [-0.2, 0) is 4.74 Å². The number of ether oxygens (including phenoxy) is 1. The molecule has 1 atom stereocenters. The predicted molar refractivity (Wildman–Crippen MR) is 34.0 cm³/mol. The van der Waals surface area contributed by atoms with Crippen LogP contribution < -0.4 is 0 Å². The summed E-state index contributed by atoms with van der Waals surface area (Å²) in [6.45, 7) is 2.01. The number of methoxy groups -OCH3 is 1. The number of rotatable bonds is 2. The van der Waals surface area contributed by atoms with E-state index in [1.54, 1.807) is 13.3 Å². The monoisotopic (exact) mass is 126 g/mol. The fraction of sp³-hybridized carbons (Fsp3) is 0.667. The zero-order chi connectivity index (χ0) is 6.74. The summed E-state index contributed by atoms with van der Waals surface area (Å²) in [5.41, 5.74) is -0.444. The molecule has 3 heteroatoms. The van der Waals surface area contributed by atoms with E-state index in [2.05, 4.69) is 10.2 Å². The summed E-state index contributed by atoms with van der Waals surface area (Å²) >= 11 is 0. The van der Waals surface area contributed by atoms with E-state index in [4.69, 9.17) is 4.74 Å². The molecule has 0 aromatic carbocycles. The van der Waals surface area contributed by atoms with Crippen LogP contribution in [0.25, 0.3) is 0 Å². The molecule has 0 aliphatic carbocycles. The zero-order valence-electron chi connectivity index (χ0n) is 5.66. The molecule has 1 aliphatic heterocycles. The minimum Gasteiger partial charge on any atom is -0.352 e. The standard InChI is InChI=1S/C6H10N2O/c1-3-6(9-2)4-5-7-8-6/h4-5H,3H2,1-2H3. The fourth-order valence-corrected chi connectivity index (χ4v) is 0.756. The van der Waals surface area contributed by atoms with Crippen molar-refractivity contribution in [1.82, 2.24) is 0 Å². The van der Waals surface area contributed by atoms with Crippen LogP contribution in [0, 0.1) is 0 Å². The van der Waals surface area contributed by atoms with E-state index in [1.165, 1.54) is 0 Å². The minimum absolute atomic E-state index is 0.444. The van der Waals surface area contributed by atoms with Crippen molar-refractivity contribution < 1.29 is 4.74 Å². The van der Waals surface area contributed by atoms with Crippen LogP contribution >= 0.6 is 0 Å². The van der Waals surface area contributed by atoms with E-state index in [0.717, 1.165) is 6.42 Å². The van der Waals surface area contributed by atoms with Gasteiger partial charge in [-0.05, 0) is 12.5 Å². The third-order valence-electron chi connectivity index (χ3n) is 1.49. The molecule has 1 aliphatic rings. The Morgan fingerprint density at radius 1 is 1.67 bits per heavy atom. The van der Waals surface area contributed by atoms with Crippen molar-refractivity contribution in [2.45, 2.75) is 19.1 Å². The van der Waals surface area contributed by atoms with Gasteiger partial charge in [-0.15, -0.1) is 5.11 Å². The Bertz CT molecular complexity index is 133. The van der Waals surface area contributed by atoms with Crippen LogP contribution in [0.15, 0.2) is 22.5 Å². The van der Waals surface area contributed by atoms with Crippen molar-refractivity contribution in [3.05, 3.63) is 12.3 Å². The average molecular weight is 126 g/mol. The first-order valence-corrected chi connectivity index (χ1v) is 2.98. The normalized spacial score (nSPS) is 31.8. The molecule has 0 saturated carbocycles. The van der Waals surface area contributed by atoms with Crippen LogP contribution in [0.2, 0.25) is 0 Å². The van der Waals surface area contributed by atoms with Crippen molar-refractivity contribution in [2.24, 2.45) is 10.2 Å². The zero-order valence-corrected chi connectivity index (χ0v) is 5.66. The molecule has 0 spiro atoms. The van der Waals surface area contributed by atoms with Crippen LogP contribution in [0.4, 0.5) is 0 Å². The number of azo groups is 1. The lowest BCUT2D eigenvalue weighted by molar-refractivity contribution is 0.0355. The predicted octanol–water partition coefficient (Wildman–Crippen LogP) is 1.72. The van der Waals surface area contributed by atoms with Crippen molar-refractivity contribution >= 4 is 0 Å². The number of nitrogens with zero attached hydrogens (tertiary/aromatic N) is 2. The summed E-state index contributed by atoms with van der Waals surface area (Å²) < 4.78 is 5.10. The quantitative estimate of drug-likeness (QED) is 0.554. The van der Waals surface area contributed by atoms with Gasteiger partial charge in [-0.2, -0.15) is 5.11 Å². The molecule has 1 unspecified atom stereocenters. The van der Waals surface area contributed by atoms with Gasteiger partial charge in [0.15, 0.2) is 5.72 Å². The van der Waals surface area contributed by atoms with Crippen LogP contribution in [0.5, 0.6) is 0 Å². The highest BCUT2D eigenvalue weighted by atomic mass is 16.5. The Labute approximate surface area is 54.4 Å². The molecule has 1 heterocycles. The number of hydrogen-bond donors (Lipinski definition) is 0. The lowest BCUT2D eigenvalue weighted by Gasteiger charge is -2.17. The molecule has 1 rings (SSSR count). The second-order valence-corrected chi connectivity index (χ2v) is 1.93. The lowest BCUT2D eigenvalue weighted by Crippen LogP contribution is -2.22. The van der Waals surface area contributed by atoms with Gasteiger partial charge in [0, 0.05) is 7.11 Å². The van der Waals surface area contributed by atoms with Gasteiger partial charge in [0.05, 0.1) is 6.20 Å². The van der Waals surface area contributed by atoms with Crippen LogP contribution in [0.3, 0.4) is 0 Å². The Balaban J connectivity index is 2.69. The van der Waals surface area contributed by atoms with Gasteiger partial charge in [0.1, 0.15) is 0 Å². The first-order valence-electron chi connectivity index (χ1n) is 2.98. The molecule has 0 N–H and O–H groups in total. The Hall–Kier alpha value is -0.700. The van der Waals surface area contributed by atoms with Gasteiger partial charge in [0.2, 0.25) is 0 Å². The van der Waals surface area contributed by atoms with E-state index in [9.17, 15) is 0 Å². The van der Waals surface area contributed by atoms with Gasteiger partial charge in [0.25, 0.3) is 0 Å². The minimum atomic E-state index is -0.444. The second kappa shape index (κ2) is 2.27. The van der Waals surface area contributed by atoms with Crippen LogP contribution in [-0.4, -0.2) is 12.8 Å². The summed E-state index contributed by atoms with van der Waals surface area (Å²) in [5, 5.41) is 7.59. The highest BCUT2D eigenvalue weighted by Gasteiger charge is 2.25. The summed E-state index contributed by atoms with van der Waals surface area (Å²) in [4.78, 5) is 0. The number of hydrogen-bond acceptors (Lipinski definition) is 3. The van der Waals surface area contributed by atoms with Crippen molar-refractivity contribution in [3.8, 4) is 0 Å². The Kier molecular flexibility index (Phi) is 1.62. The highest BCUT2D eigenvalue weighted by Crippen LogP contribution is 2.23. The molecule has 0 fully saturated rings. The smallest absolute Gasteiger partial charge is 0.199 e. The van der Waals surface area contributed by atoms with Gasteiger partial charge in [-0.1, -0.05) is 6.92 Å². The third kappa shape index (κ3) is 1.00. The van der Waals surface area contributed by atoms with Crippen molar-refractivity contribution in [2.75, 3.05) is 7.11 Å². The Morgan fingerprint density at radius 2 is 2.44 bits per heavy atom. The van der Waals surface area contributed by atoms with Crippen molar-refractivity contribution in [3.63, 3.8) is 0 Å². The molecule has 0 aromatic rings. The first-order chi connectivity index (χ1) is 4.33. The second-order valence-electron chi connectivity index (χ2n) is 1.93. The maximum absolute atomic E-state index is 5.10. The molecule has 0 amide bonds. The molecule has 0 aromatic heterocycles. The molecule has 9 heavy (non-hydrogen) atoms. The molecule has 0 bridgehead atoms. The average Bonchev–Trinajstić information content (AvgIpc) is 2.36. The maximum atomic E-state index is 5.10. The van der Waals surface area contributed by atoms with Crippen molar-refractivity contribution in [1.29, 1.82) is 0 Å². The molecule has 0 saturated heterocycles. The first kappa shape index (κ1) is 6.42. The van der Waals surface area contributed by atoms with E-state index < -0.39 is 5.72 Å². The summed E-state index contributed by atoms with van der Waals surface area (Å²) in [5.74, 6) is 0. The lowest BCUT2D eigenvalue weighted by atomic mass is 10.2. The molecule has 0 radical (unpaired) electrons. The summed E-state index contributed by atoms with van der Waals surface area (Å²) in [6.07, 6.45) is 4.35. The van der Waals surface area contributed by atoms with E-state index >= 15 is 0 Å². The van der Waals surface area contributed by atoms with Gasteiger partial charge in [-0.3, -0.25) is 0 Å². The van der Waals surface area contributed by atoms with Gasteiger partial charge in [-0.25, -0.2) is 0 Å². The van der Waals surface area contributed by atoms with E-state index in [0.29, 0.717) is 0 Å². The van der Waals surface area contributed by atoms with Gasteiger partial charge < -0.3 is 4.74 Å². The van der Waals surface area contributed by atoms with Crippen LogP contribution in [0.1, 0.15) is 13.3 Å². The molecular formula is C6H10N2O. The highest BCUT2D eigenvalue weighted by molar-refractivity contribution is 5.02. The third-order valence-corrected chi connectivity index (χ3v) is 1.49. The largest absolute Gasteiger partial charge is 0.352 e. The Morgan fingerprint density at radius 3 is 2.67 bits per heavy atom. The SMILES string of the molecule is CCC1(OC)C=CN=N1. The fourth-order valence-electron chi connectivity index (χ4n) is 0.756. The topological polar surface area (TPSA) is 34.0 Å². The molecule has 3 nitrogen and oxygen atoms in total. The van der Waals surface area contributed by atoms with Gasteiger partial charge >= 0.3 is 0 Å². The van der Waals surface area contributed by atoms with E-state index in [-0.39, 0.29) is 0 Å². The van der Waals surface area contributed by atoms with E-state index in [1.807, 2.05) is 13.0 Å². The maximum Gasteiger partial charge on any atom is 0.199 e. The summed E-state index contributed by atoms with van der Waals surface area (Å²) in [7, 11) is 1.64. The molecule has 50 valence electrons. The summed E-state index contributed by atoms with van der Waals surface area (Å²) in [6, 6.07) is 0.